The fourth-order valence-electron chi connectivity index (χ4n) is 3.57. The summed E-state index contributed by atoms with van der Waals surface area (Å²) in [5.41, 5.74) is 0.458. The summed E-state index contributed by atoms with van der Waals surface area (Å²) in [6.45, 7) is 10.8. The second-order valence-corrected chi connectivity index (χ2v) is 8.31. The quantitative estimate of drug-likeness (QED) is 0.845. The average molecular weight is 270 g/mol. The van der Waals surface area contributed by atoms with Crippen molar-refractivity contribution >= 4 is 11.8 Å². The fourth-order valence-corrected chi connectivity index (χ4v) is 3.86. The average Bonchev–Trinajstić information content (AvgIpc) is 2.77. The van der Waals surface area contributed by atoms with Gasteiger partial charge in [0.2, 0.25) is 0 Å². The molecule has 1 heterocycles. The molecule has 106 valence electrons. The summed E-state index contributed by atoms with van der Waals surface area (Å²) in [4.78, 5) is 2.78. The van der Waals surface area contributed by atoms with Gasteiger partial charge in [0.25, 0.3) is 0 Å². The van der Waals surface area contributed by atoms with E-state index in [1.54, 1.807) is 0 Å². The van der Waals surface area contributed by atoms with Gasteiger partial charge in [0, 0.05) is 36.0 Å². The molecule has 2 nitrogen and oxygen atoms in total. The van der Waals surface area contributed by atoms with Gasteiger partial charge in [-0.05, 0) is 39.4 Å². The molecule has 0 aromatic carbocycles. The highest BCUT2D eigenvalue weighted by molar-refractivity contribution is 7.99. The molecule has 2 rings (SSSR count). The van der Waals surface area contributed by atoms with Gasteiger partial charge >= 0.3 is 0 Å². The summed E-state index contributed by atoms with van der Waals surface area (Å²) in [5.74, 6) is 0. The van der Waals surface area contributed by atoms with E-state index in [2.05, 4.69) is 37.2 Å². The smallest absolute Gasteiger partial charge is 0.0309 e. The first-order valence-corrected chi connectivity index (χ1v) is 8.77. The van der Waals surface area contributed by atoms with Gasteiger partial charge in [-0.3, -0.25) is 4.90 Å². The van der Waals surface area contributed by atoms with Crippen LogP contribution < -0.4 is 5.32 Å². The lowest BCUT2D eigenvalue weighted by atomic mass is 9.91. The number of rotatable bonds is 4. The number of thioether (sulfide) groups is 1. The van der Waals surface area contributed by atoms with Crippen LogP contribution in [0.3, 0.4) is 0 Å². The van der Waals surface area contributed by atoms with Crippen LogP contribution in [-0.4, -0.2) is 47.1 Å². The number of hydrogen-bond donors (Lipinski definition) is 1. The molecule has 2 aliphatic rings. The lowest BCUT2D eigenvalue weighted by Gasteiger charge is -2.48. The molecule has 1 unspecified atom stereocenters. The van der Waals surface area contributed by atoms with Gasteiger partial charge in [0.15, 0.2) is 0 Å². The van der Waals surface area contributed by atoms with Crippen molar-refractivity contribution < 1.29 is 0 Å². The van der Waals surface area contributed by atoms with Crippen molar-refractivity contribution in [3.8, 4) is 0 Å². The van der Waals surface area contributed by atoms with E-state index >= 15 is 0 Å². The Labute approximate surface area is 117 Å². The Morgan fingerprint density at radius 3 is 2.56 bits per heavy atom. The van der Waals surface area contributed by atoms with Crippen LogP contribution in [0.15, 0.2) is 0 Å². The third-order valence-corrected chi connectivity index (χ3v) is 6.14. The molecule has 1 N–H and O–H groups in total. The van der Waals surface area contributed by atoms with Crippen molar-refractivity contribution in [2.45, 2.75) is 69.2 Å². The molecular formula is C15H30N2S. The predicted octanol–water partition coefficient (Wildman–Crippen LogP) is 3.12. The third-order valence-electron chi connectivity index (χ3n) is 4.90. The summed E-state index contributed by atoms with van der Waals surface area (Å²) in [7, 11) is 0. The lowest BCUT2D eigenvalue weighted by Crippen LogP contribution is -2.64. The molecule has 0 radical (unpaired) electrons. The van der Waals surface area contributed by atoms with E-state index in [4.69, 9.17) is 0 Å². The van der Waals surface area contributed by atoms with Crippen molar-refractivity contribution in [1.29, 1.82) is 0 Å². The number of nitrogens with one attached hydrogen (secondary N) is 1. The van der Waals surface area contributed by atoms with E-state index in [0.29, 0.717) is 10.3 Å². The zero-order chi connectivity index (χ0) is 13.2. The van der Waals surface area contributed by atoms with Gasteiger partial charge in [-0.1, -0.05) is 19.8 Å². The molecule has 1 saturated heterocycles. The molecule has 2 fully saturated rings. The van der Waals surface area contributed by atoms with Crippen LogP contribution >= 0.6 is 11.8 Å². The first kappa shape index (κ1) is 14.7. The first-order valence-electron chi connectivity index (χ1n) is 7.54. The minimum absolute atomic E-state index is 0.380. The Morgan fingerprint density at radius 2 is 2.00 bits per heavy atom. The van der Waals surface area contributed by atoms with Crippen LogP contribution in [0.1, 0.15) is 52.9 Å². The van der Waals surface area contributed by atoms with Crippen LogP contribution in [0.5, 0.6) is 0 Å². The van der Waals surface area contributed by atoms with E-state index < -0.39 is 0 Å². The van der Waals surface area contributed by atoms with Gasteiger partial charge in [-0.25, -0.2) is 0 Å². The van der Waals surface area contributed by atoms with Gasteiger partial charge in [-0.15, -0.1) is 0 Å². The van der Waals surface area contributed by atoms with Crippen molar-refractivity contribution in [3.05, 3.63) is 0 Å². The summed E-state index contributed by atoms with van der Waals surface area (Å²) >= 11 is 2.00. The number of piperazine rings is 1. The highest BCUT2D eigenvalue weighted by Crippen LogP contribution is 2.35. The van der Waals surface area contributed by atoms with Crippen LogP contribution in [-0.2, 0) is 0 Å². The van der Waals surface area contributed by atoms with Crippen LogP contribution in [0, 0.1) is 0 Å². The van der Waals surface area contributed by atoms with E-state index in [1.165, 1.54) is 51.7 Å². The maximum Gasteiger partial charge on any atom is 0.0309 e. The molecule has 3 heteroatoms. The number of nitrogens with zero attached hydrogens (tertiary/aromatic N) is 1. The van der Waals surface area contributed by atoms with Crippen molar-refractivity contribution in [3.63, 3.8) is 0 Å². The molecule has 0 aromatic heterocycles. The molecule has 0 aromatic rings. The lowest BCUT2D eigenvalue weighted by molar-refractivity contribution is 0.0725. The zero-order valence-electron chi connectivity index (χ0n) is 12.6. The normalized spacial score (nSPS) is 29.0. The Balaban J connectivity index is 2.03. The zero-order valence-corrected chi connectivity index (χ0v) is 13.4. The summed E-state index contributed by atoms with van der Waals surface area (Å²) in [5, 5.41) is 3.88. The monoisotopic (exact) mass is 270 g/mol. The molecular weight excluding hydrogens is 240 g/mol. The molecule has 1 aliphatic carbocycles. The predicted molar refractivity (Wildman–Crippen MR) is 82.4 cm³/mol. The standard InChI is InChI=1S/C15H30N2S/c1-5-13-10-16-15(8-6-7-9-15)12-17(13)11-14(2,3)18-4/h13,16H,5-12H2,1-4H3. The molecule has 0 bridgehead atoms. The Bertz CT molecular complexity index is 272. The van der Waals surface area contributed by atoms with E-state index in [9.17, 15) is 0 Å². The van der Waals surface area contributed by atoms with Crippen LogP contribution in [0.4, 0.5) is 0 Å². The third kappa shape index (κ3) is 3.23. The second kappa shape index (κ2) is 5.72. The highest BCUT2D eigenvalue weighted by Gasteiger charge is 2.41. The minimum atomic E-state index is 0.380. The van der Waals surface area contributed by atoms with Gasteiger partial charge in [-0.2, -0.15) is 11.8 Å². The Hall–Kier alpha value is 0.270. The maximum atomic E-state index is 3.88. The molecule has 1 saturated carbocycles. The topological polar surface area (TPSA) is 15.3 Å². The van der Waals surface area contributed by atoms with Crippen molar-refractivity contribution in [2.24, 2.45) is 0 Å². The Morgan fingerprint density at radius 1 is 1.33 bits per heavy atom. The fraction of sp³-hybridized carbons (Fsp3) is 1.00. The van der Waals surface area contributed by atoms with E-state index in [1.807, 2.05) is 11.8 Å². The van der Waals surface area contributed by atoms with Gasteiger partial charge < -0.3 is 5.32 Å². The summed E-state index contributed by atoms with van der Waals surface area (Å²) < 4.78 is 0.380. The first-order chi connectivity index (χ1) is 8.50. The summed E-state index contributed by atoms with van der Waals surface area (Å²) in [6.07, 6.45) is 9.13. The van der Waals surface area contributed by atoms with Crippen molar-refractivity contribution in [1.82, 2.24) is 10.2 Å². The van der Waals surface area contributed by atoms with Crippen LogP contribution in [0.25, 0.3) is 0 Å². The van der Waals surface area contributed by atoms with Gasteiger partial charge in [0.1, 0.15) is 0 Å². The van der Waals surface area contributed by atoms with Crippen molar-refractivity contribution in [2.75, 3.05) is 25.9 Å². The molecule has 0 amide bonds. The summed E-state index contributed by atoms with van der Waals surface area (Å²) in [6, 6.07) is 0.739. The molecule has 1 aliphatic heterocycles. The highest BCUT2D eigenvalue weighted by atomic mass is 32.2. The maximum absolute atomic E-state index is 3.88. The molecule has 1 atom stereocenters. The number of hydrogen-bond acceptors (Lipinski definition) is 3. The Kier molecular flexibility index (Phi) is 4.66. The van der Waals surface area contributed by atoms with Gasteiger partial charge in [0.05, 0.1) is 0 Å². The molecule has 1 spiro atoms. The largest absolute Gasteiger partial charge is 0.308 e. The van der Waals surface area contributed by atoms with Crippen LogP contribution in [0.2, 0.25) is 0 Å². The second-order valence-electron chi connectivity index (χ2n) is 6.80. The molecule has 18 heavy (non-hydrogen) atoms. The van der Waals surface area contributed by atoms with E-state index in [0.717, 1.165) is 6.04 Å². The van der Waals surface area contributed by atoms with E-state index in [-0.39, 0.29) is 0 Å². The minimum Gasteiger partial charge on any atom is -0.308 e. The SMILES string of the molecule is CCC1CNC2(CCCC2)CN1CC(C)(C)SC.